The van der Waals surface area contributed by atoms with E-state index in [0.29, 0.717) is 28.1 Å². The van der Waals surface area contributed by atoms with Crippen LogP contribution in [0, 0.1) is 0 Å². The second kappa shape index (κ2) is 4.28. The van der Waals surface area contributed by atoms with Crippen LogP contribution in [0.25, 0.3) is 11.0 Å². The largest absolute Gasteiger partial charge is 0.459 e. The van der Waals surface area contributed by atoms with Crippen LogP contribution in [-0.2, 0) is 6.54 Å². The number of fused-ring (bicyclic) bond motifs is 1. The van der Waals surface area contributed by atoms with Gasteiger partial charge in [-0.25, -0.2) is 0 Å². The minimum Gasteiger partial charge on any atom is -0.459 e. The lowest BCUT2D eigenvalue weighted by Gasteiger charge is -2.05. The quantitative estimate of drug-likeness (QED) is 0.871. The van der Waals surface area contributed by atoms with Gasteiger partial charge in [-0.2, -0.15) is 0 Å². The number of benzene rings is 1. The standard InChI is InChI=1S/C12H13Cl2NO/c1-6(2)11-10(5-15)16-9-4-7(13)3-8(14)12(9)11/h3-4,6H,5,15H2,1-2H3. The summed E-state index contributed by atoms with van der Waals surface area (Å²) in [6.07, 6.45) is 0. The summed E-state index contributed by atoms with van der Waals surface area (Å²) in [6.45, 7) is 4.55. The van der Waals surface area contributed by atoms with Gasteiger partial charge in [0.15, 0.2) is 0 Å². The maximum atomic E-state index is 6.20. The lowest BCUT2D eigenvalue weighted by atomic mass is 9.99. The van der Waals surface area contributed by atoms with Crippen LogP contribution < -0.4 is 5.73 Å². The predicted molar refractivity (Wildman–Crippen MR) is 68.2 cm³/mol. The van der Waals surface area contributed by atoms with Gasteiger partial charge in [-0.05, 0) is 12.0 Å². The Hall–Kier alpha value is -0.700. The molecule has 2 aromatic rings. The van der Waals surface area contributed by atoms with Crippen molar-refractivity contribution in [2.75, 3.05) is 0 Å². The Labute approximate surface area is 104 Å². The SMILES string of the molecule is CC(C)c1c(CN)oc2cc(Cl)cc(Cl)c12. The zero-order valence-corrected chi connectivity index (χ0v) is 10.7. The van der Waals surface area contributed by atoms with Gasteiger partial charge in [-0.15, -0.1) is 0 Å². The first-order chi connectivity index (χ1) is 7.54. The first kappa shape index (κ1) is 11.8. The summed E-state index contributed by atoms with van der Waals surface area (Å²) in [4.78, 5) is 0. The Morgan fingerprint density at radius 1 is 1.31 bits per heavy atom. The van der Waals surface area contributed by atoms with Crippen molar-refractivity contribution in [3.8, 4) is 0 Å². The number of hydrogen-bond donors (Lipinski definition) is 1. The molecule has 0 fully saturated rings. The highest BCUT2D eigenvalue weighted by Gasteiger charge is 2.18. The summed E-state index contributed by atoms with van der Waals surface area (Å²) in [5, 5.41) is 2.13. The second-order valence-corrected chi connectivity index (χ2v) is 4.90. The summed E-state index contributed by atoms with van der Waals surface area (Å²) in [6, 6.07) is 3.50. The maximum Gasteiger partial charge on any atom is 0.137 e. The second-order valence-electron chi connectivity index (χ2n) is 4.06. The molecular formula is C12H13Cl2NO. The van der Waals surface area contributed by atoms with Crippen molar-refractivity contribution in [2.45, 2.75) is 26.3 Å². The molecule has 0 bridgehead atoms. The molecule has 86 valence electrons. The Bertz CT molecular complexity index is 531. The molecule has 1 aromatic heterocycles. The van der Waals surface area contributed by atoms with Crippen LogP contribution in [0.5, 0.6) is 0 Å². The van der Waals surface area contributed by atoms with E-state index in [9.17, 15) is 0 Å². The monoisotopic (exact) mass is 257 g/mol. The molecule has 2 N–H and O–H groups in total. The molecule has 0 spiro atoms. The Kier molecular flexibility index (Phi) is 3.15. The summed E-state index contributed by atoms with van der Waals surface area (Å²) >= 11 is 12.1. The third-order valence-electron chi connectivity index (χ3n) is 2.58. The number of rotatable bonds is 2. The lowest BCUT2D eigenvalue weighted by Crippen LogP contribution is -1.99. The molecule has 0 unspecified atom stereocenters. The maximum absolute atomic E-state index is 6.20. The number of halogens is 2. The lowest BCUT2D eigenvalue weighted by molar-refractivity contribution is 0.541. The average Bonchev–Trinajstić information content (AvgIpc) is 2.55. The smallest absolute Gasteiger partial charge is 0.137 e. The van der Waals surface area contributed by atoms with Crippen molar-refractivity contribution in [2.24, 2.45) is 5.73 Å². The normalized spacial score (nSPS) is 11.6. The molecule has 1 heterocycles. The molecule has 0 amide bonds. The van der Waals surface area contributed by atoms with Crippen molar-refractivity contribution in [3.63, 3.8) is 0 Å². The van der Waals surface area contributed by atoms with Gasteiger partial charge >= 0.3 is 0 Å². The van der Waals surface area contributed by atoms with E-state index < -0.39 is 0 Å². The molecule has 0 radical (unpaired) electrons. The van der Waals surface area contributed by atoms with Gasteiger partial charge in [0, 0.05) is 22.0 Å². The fraction of sp³-hybridized carbons (Fsp3) is 0.333. The van der Waals surface area contributed by atoms with Gasteiger partial charge < -0.3 is 10.2 Å². The third-order valence-corrected chi connectivity index (χ3v) is 3.10. The van der Waals surface area contributed by atoms with Crippen LogP contribution in [-0.4, -0.2) is 0 Å². The zero-order valence-electron chi connectivity index (χ0n) is 9.18. The topological polar surface area (TPSA) is 39.2 Å². The molecule has 2 rings (SSSR count). The third kappa shape index (κ3) is 1.81. The van der Waals surface area contributed by atoms with E-state index >= 15 is 0 Å². The molecule has 16 heavy (non-hydrogen) atoms. The van der Waals surface area contributed by atoms with E-state index in [1.165, 1.54) is 0 Å². The number of furan rings is 1. The fourth-order valence-electron chi connectivity index (χ4n) is 1.98. The Morgan fingerprint density at radius 3 is 2.56 bits per heavy atom. The highest BCUT2D eigenvalue weighted by Crippen LogP contribution is 2.37. The minimum absolute atomic E-state index is 0.318. The summed E-state index contributed by atoms with van der Waals surface area (Å²) in [7, 11) is 0. The highest BCUT2D eigenvalue weighted by molar-refractivity contribution is 6.38. The minimum atomic E-state index is 0.318. The predicted octanol–water partition coefficient (Wildman–Crippen LogP) is 4.32. The van der Waals surface area contributed by atoms with Crippen LogP contribution >= 0.6 is 23.2 Å². The van der Waals surface area contributed by atoms with E-state index in [2.05, 4.69) is 13.8 Å². The van der Waals surface area contributed by atoms with Crippen molar-refractivity contribution in [1.29, 1.82) is 0 Å². The van der Waals surface area contributed by atoms with Crippen LogP contribution in [0.4, 0.5) is 0 Å². The Balaban J connectivity index is 2.84. The molecule has 1 aromatic carbocycles. The van der Waals surface area contributed by atoms with Crippen LogP contribution in [0.3, 0.4) is 0 Å². The van der Waals surface area contributed by atoms with Gasteiger partial charge in [-0.3, -0.25) is 0 Å². The zero-order chi connectivity index (χ0) is 11.9. The van der Waals surface area contributed by atoms with Crippen LogP contribution in [0.2, 0.25) is 10.0 Å². The summed E-state index contributed by atoms with van der Waals surface area (Å²) in [5.41, 5.74) is 7.46. The molecule has 0 saturated heterocycles. The van der Waals surface area contributed by atoms with Crippen LogP contribution in [0.15, 0.2) is 16.5 Å². The number of hydrogen-bond acceptors (Lipinski definition) is 2. The molecule has 0 saturated carbocycles. The van der Waals surface area contributed by atoms with E-state index in [1.54, 1.807) is 12.1 Å². The fourth-order valence-corrected chi connectivity index (χ4v) is 2.56. The molecule has 4 heteroatoms. The first-order valence-corrected chi connectivity index (χ1v) is 5.90. The Morgan fingerprint density at radius 2 is 2.00 bits per heavy atom. The van der Waals surface area contributed by atoms with Gasteiger partial charge in [-0.1, -0.05) is 37.0 Å². The van der Waals surface area contributed by atoms with Gasteiger partial charge in [0.2, 0.25) is 0 Å². The van der Waals surface area contributed by atoms with E-state index in [-0.39, 0.29) is 0 Å². The van der Waals surface area contributed by atoms with Gasteiger partial charge in [0.25, 0.3) is 0 Å². The van der Waals surface area contributed by atoms with Crippen LogP contribution in [0.1, 0.15) is 31.1 Å². The van der Waals surface area contributed by atoms with Crippen molar-refractivity contribution >= 4 is 34.2 Å². The summed E-state index contributed by atoms with van der Waals surface area (Å²) in [5.74, 6) is 1.10. The number of nitrogens with two attached hydrogens (primary N) is 1. The molecule has 0 atom stereocenters. The molecule has 0 aliphatic heterocycles. The highest BCUT2D eigenvalue weighted by atomic mass is 35.5. The molecule has 2 nitrogen and oxygen atoms in total. The summed E-state index contributed by atoms with van der Waals surface area (Å²) < 4.78 is 5.68. The van der Waals surface area contributed by atoms with Crippen molar-refractivity contribution < 1.29 is 4.42 Å². The average molecular weight is 258 g/mol. The van der Waals surface area contributed by atoms with Crippen molar-refractivity contribution in [1.82, 2.24) is 0 Å². The van der Waals surface area contributed by atoms with Gasteiger partial charge in [0.1, 0.15) is 11.3 Å². The molecule has 0 aliphatic rings. The van der Waals surface area contributed by atoms with E-state index in [4.69, 9.17) is 33.4 Å². The molecule has 0 aliphatic carbocycles. The molecular weight excluding hydrogens is 245 g/mol. The van der Waals surface area contributed by atoms with E-state index in [1.807, 2.05) is 0 Å². The van der Waals surface area contributed by atoms with E-state index in [0.717, 1.165) is 16.7 Å². The first-order valence-electron chi connectivity index (χ1n) is 5.15. The van der Waals surface area contributed by atoms with Crippen molar-refractivity contribution in [3.05, 3.63) is 33.5 Å². The van der Waals surface area contributed by atoms with Gasteiger partial charge in [0.05, 0.1) is 11.6 Å².